The minimum atomic E-state index is 0.0169. The molecule has 68 valence electrons. The lowest BCUT2D eigenvalue weighted by Gasteiger charge is -1.99. The predicted molar refractivity (Wildman–Crippen MR) is 54.6 cm³/mol. The third kappa shape index (κ3) is 2.51. The summed E-state index contributed by atoms with van der Waals surface area (Å²) in [6.45, 7) is 5.23. The summed E-state index contributed by atoms with van der Waals surface area (Å²) in [6.07, 6.45) is 0. The second-order valence-corrected chi connectivity index (χ2v) is 3.04. The fourth-order valence-electron chi connectivity index (χ4n) is 0.948. The molecule has 0 saturated carbocycles. The van der Waals surface area contributed by atoms with Crippen molar-refractivity contribution in [3.8, 4) is 0 Å². The number of benzene rings is 1. The number of aryl methyl sites for hydroxylation is 1. The molecule has 0 atom stereocenters. The summed E-state index contributed by atoms with van der Waals surface area (Å²) in [5.74, 6) is 0.0169. The molecule has 0 heterocycles. The lowest BCUT2D eigenvalue weighted by Crippen LogP contribution is -2.03. The van der Waals surface area contributed by atoms with Gasteiger partial charge in [0.25, 0.3) is 0 Å². The first-order valence-corrected chi connectivity index (χ1v) is 4.23. The Balaban J connectivity index is 3.04. The van der Waals surface area contributed by atoms with Gasteiger partial charge in [0, 0.05) is 6.92 Å². The van der Waals surface area contributed by atoms with Crippen LogP contribution in [0.4, 0.5) is 5.69 Å². The Morgan fingerprint density at radius 1 is 1.23 bits per heavy atom. The summed E-state index contributed by atoms with van der Waals surface area (Å²) in [5.41, 5.74) is 2.51. The van der Waals surface area contributed by atoms with Crippen LogP contribution >= 0.6 is 0 Å². The van der Waals surface area contributed by atoms with E-state index in [1.54, 1.807) is 6.92 Å². The molecule has 0 radical (unpaired) electrons. The molecular formula is C11H13NO. The topological polar surface area (TPSA) is 29.4 Å². The van der Waals surface area contributed by atoms with Crippen molar-refractivity contribution in [1.82, 2.24) is 0 Å². The van der Waals surface area contributed by atoms with Gasteiger partial charge in [-0.3, -0.25) is 4.79 Å². The third-order valence-corrected chi connectivity index (χ3v) is 1.91. The maximum absolute atomic E-state index is 10.9. The molecule has 0 saturated heterocycles. The minimum Gasteiger partial charge on any atom is -0.293 e. The van der Waals surface area contributed by atoms with Crippen LogP contribution in [0.3, 0.4) is 0 Å². The molecule has 1 aromatic carbocycles. The lowest BCUT2D eigenvalue weighted by molar-refractivity contribution is -0.111. The zero-order chi connectivity index (χ0) is 9.84. The van der Waals surface area contributed by atoms with Crippen LogP contribution < -0.4 is 0 Å². The van der Waals surface area contributed by atoms with Crippen LogP contribution in [-0.2, 0) is 4.79 Å². The lowest BCUT2D eigenvalue weighted by atomic mass is 10.2. The minimum absolute atomic E-state index is 0.0169. The molecule has 0 aliphatic heterocycles. The molecule has 0 fully saturated rings. The van der Waals surface area contributed by atoms with E-state index in [-0.39, 0.29) is 5.78 Å². The molecular weight excluding hydrogens is 162 g/mol. The van der Waals surface area contributed by atoms with Crippen LogP contribution in [0.25, 0.3) is 0 Å². The molecule has 0 bridgehead atoms. The van der Waals surface area contributed by atoms with Gasteiger partial charge in [-0.25, -0.2) is 4.99 Å². The van der Waals surface area contributed by atoms with E-state index < -0.39 is 0 Å². The quantitative estimate of drug-likeness (QED) is 0.635. The van der Waals surface area contributed by atoms with Crippen molar-refractivity contribution in [3.05, 3.63) is 29.8 Å². The summed E-state index contributed by atoms with van der Waals surface area (Å²) < 4.78 is 0. The molecule has 0 amide bonds. The molecule has 2 nitrogen and oxygen atoms in total. The normalized spacial score (nSPS) is 11.5. The highest BCUT2D eigenvalue weighted by atomic mass is 16.1. The summed E-state index contributed by atoms with van der Waals surface area (Å²) in [4.78, 5) is 15.2. The highest BCUT2D eigenvalue weighted by Crippen LogP contribution is 2.17. The number of nitrogens with zero attached hydrogens (tertiary/aromatic N) is 1. The van der Waals surface area contributed by atoms with Crippen molar-refractivity contribution in [3.63, 3.8) is 0 Å². The Bertz CT molecular complexity index is 353. The number of ketones is 1. The molecule has 0 aliphatic carbocycles. The molecule has 0 aromatic heterocycles. The third-order valence-electron chi connectivity index (χ3n) is 1.91. The van der Waals surface area contributed by atoms with Crippen LogP contribution in [0.1, 0.15) is 19.4 Å². The maximum atomic E-state index is 10.9. The summed E-state index contributed by atoms with van der Waals surface area (Å²) in [7, 11) is 0. The van der Waals surface area contributed by atoms with Crippen LogP contribution in [0.15, 0.2) is 29.3 Å². The molecule has 1 rings (SSSR count). The van der Waals surface area contributed by atoms with Crippen molar-refractivity contribution in [1.29, 1.82) is 0 Å². The number of aliphatic imine (C=N–C) groups is 1. The van der Waals surface area contributed by atoms with Crippen molar-refractivity contribution >= 4 is 17.2 Å². The molecule has 0 spiro atoms. The van der Waals surface area contributed by atoms with Gasteiger partial charge in [-0.15, -0.1) is 0 Å². The first-order valence-electron chi connectivity index (χ1n) is 4.23. The van der Waals surface area contributed by atoms with Gasteiger partial charge in [-0.05, 0) is 25.5 Å². The number of para-hydroxylation sites is 1. The average molecular weight is 175 g/mol. The van der Waals surface area contributed by atoms with E-state index in [0.29, 0.717) is 5.71 Å². The van der Waals surface area contributed by atoms with Gasteiger partial charge in [0.1, 0.15) is 0 Å². The predicted octanol–water partition coefficient (Wildman–Crippen LogP) is 2.68. The Hall–Kier alpha value is -1.44. The fraction of sp³-hybridized carbons (Fsp3) is 0.273. The van der Waals surface area contributed by atoms with Crippen LogP contribution in [0, 0.1) is 6.92 Å². The standard InChI is InChI=1S/C11H13NO/c1-8-6-4-5-7-11(8)12-9(2)10(3)13/h4-7H,1-3H3/b12-9+. The molecule has 1 aromatic rings. The van der Waals surface area contributed by atoms with Gasteiger partial charge in [0.2, 0.25) is 0 Å². The smallest absolute Gasteiger partial charge is 0.173 e. The van der Waals surface area contributed by atoms with E-state index in [0.717, 1.165) is 11.3 Å². The monoisotopic (exact) mass is 175 g/mol. The summed E-state index contributed by atoms with van der Waals surface area (Å²) in [5, 5.41) is 0. The summed E-state index contributed by atoms with van der Waals surface area (Å²) >= 11 is 0. The Morgan fingerprint density at radius 3 is 2.38 bits per heavy atom. The van der Waals surface area contributed by atoms with Crippen LogP contribution in [0.2, 0.25) is 0 Å². The van der Waals surface area contributed by atoms with Crippen molar-refractivity contribution in [2.45, 2.75) is 20.8 Å². The van der Waals surface area contributed by atoms with E-state index in [9.17, 15) is 4.79 Å². The Morgan fingerprint density at radius 2 is 1.85 bits per heavy atom. The summed E-state index contributed by atoms with van der Waals surface area (Å²) in [6, 6.07) is 7.75. The molecule has 0 N–H and O–H groups in total. The number of carbonyl (C=O) groups excluding carboxylic acids is 1. The van der Waals surface area contributed by atoms with Gasteiger partial charge >= 0.3 is 0 Å². The van der Waals surface area contributed by atoms with Crippen LogP contribution in [0.5, 0.6) is 0 Å². The first kappa shape index (κ1) is 9.65. The van der Waals surface area contributed by atoms with Gasteiger partial charge in [0.15, 0.2) is 5.78 Å². The van der Waals surface area contributed by atoms with E-state index in [2.05, 4.69) is 4.99 Å². The van der Waals surface area contributed by atoms with Gasteiger partial charge in [-0.2, -0.15) is 0 Å². The van der Waals surface area contributed by atoms with Crippen molar-refractivity contribution in [2.24, 2.45) is 4.99 Å². The SMILES string of the molecule is CC(=O)/C(C)=N/c1ccccc1C. The molecule has 0 aliphatic rings. The van der Waals surface area contributed by atoms with E-state index in [1.165, 1.54) is 6.92 Å². The molecule has 2 heteroatoms. The first-order chi connectivity index (χ1) is 6.11. The maximum Gasteiger partial charge on any atom is 0.173 e. The number of carbonyl (C=O) groups is 1. The Kier molecular flexibility index (Phi) is 2.96. The number of Topliss-reactive ketones (excluding diaryl/α,β-unsaturated/α-hetero) is 1. The number of hydrogen-bond acceptors (Lipinski definition) is 2. The number of hydrogen-bond donors (Lipinski definition) is 0. The van der Waals surface area contributed by atoms with Gasteiger partial charge in [-0.1, -0.05) is 18.2 Å². The van der Waals surface area contributed by atoms with Crippen molar-refractivity contribution in [2.75, 3.05) is 0 Å². The largest absolute Gasteiger partial charge is 0.293 e. The molecule has 0 unspecified atom stereocenters. The second-order valence-electron chi connectivity index (χ2n) is 3.04. The van der Waals surface area contributed by atoms with E-state index in [4.69, 9.17) is 0 Å². The zero-order valence-corrected chi connectivity index (χ0v) is 8.16. The number of rotatable bonds is 2. The van der Waals surface area contributed by atoms with Gasteiger partial charge in [0.05, 0.1) is 11.4 Å². The fourth-order valence-corrected chi connectivity index (χ4v) is 0.948. The average Bonchev–Trinajstić information content (AvgIpc) is 2.08. The zero-order valence-electron chi connectivity index (χ0n) is 8.16. The van der Waals surface area contributed by atoms with Crippen LogP contribution in [-0.4, -0.2) is 11.5 Å². The van der Waals surface area contributed by atoms with E-state index in [1.807, 2.05) is 31.2 Å². The highest BCUT2D eigenvalue weighted by molar-refractivity contribution is 6.38. The highest BCUT2D eigenvalue weighted by Gasteiger charge is 1.99. The van der Waals surface area contributed by atoms with Crippen molar-refractivity contribution < 1.29 is 4.79 Å². The van der Waals surface area contributed by atoms with E-state index >= 15 is 0 Å². The molecule has 13 heavy (non-hydrogen) atoms. The second kappa shape index (κ2) is 3.99. The van der Waals surface area contributed by atoms with Gasteiger partial charge < -0.3 is 0 Å². The Labute approximate surface area is 78.3 Å².